The molecule has 1 amide bonds. The summed E-state index contributed by atoms with van der Waals surface area (Å²) in [5.41, 5.74) is 8.24. The zero-order valence-corrected chi connectivity index (χ0v) is 11.2. The van der Waals surface area contributed by atoms with Gasteiger partial charge in [-0.2, -0.15) is 0 Å². The fourth-order valence-corrected chi connectivity index (χ4v) is 2.07. The SMILES string of the molecule is NC(=O)CNCc1ccc(-c2ccccc2Cl)cc1. The lowest BCUT2D eigenvalue weighted by Gasteiger charge is -2.06. The van der Waals surface area contributed by atoms with E-state index in [4.69, 9.17) is 17.3 Å². The molecule has 98 valence electrons. The molecule has 2 aromatic carbocycles. The van der Waals surface area contributed by atoms with Crippen molar-refractivity contribution in [2.45, 2.75) is 6.54 Å². The largest absolute Gasteiger partial charge is 0.369 e. The van der Waals surface area contributed by atoms with Crippen LogP contribution in [0.4, 0.5) is 0 Å². The van der Waals surface area contributed by atoms with Gasteiger partial charge in [-0.05, 0) is 17.2 Å². The Balaban J connectivity index is 2.06. The summed E-state index contributed by atoms with van der Waals surface area (Å²) in [6.45, 7) is 0.804. The molecule has 0 fully saturated rings. The molecule has 0 unspecified atom stereocenters. The van der Waals surface area contributed by atoms with Crippen molar-refractivity contribution in [3.8, 4) is 11.1 Å². The second-order valence-corrected chi connectivity index (χ2v) is 4.65. The molecule has 2 rings (SSSR count). The predicted molar refractivity (Wildman–Crippen MR) is 77.8 cm³/mol. The van der Waals surface area contributed by atoms with Gasteiger partial charge in [0.25, 0.3) is 0 Å². The van der Waals surface area contributed by atoms with E-state index < -0.39 is 0 Å². The lowest BCUT2D eigenvalue weighted by atomic mass is 10.0. The summed E-state index contributed by atoms with van der Waals surface area (Å²) in [5.74, 6) is -0.354. The Morgan fingerprint density at radius 3 is 2.42 bits per heavy atom. The molecule has 0 atom stereocenters. The van der Waals surface area contributed by atoms with Gasteiger partial charge in [-0.1, -0.05) is 54.1 Å². The van der Waals surface area contributed by atoms with Gasteiger partial charge in [0, 0.05) is 17.1 Å². The molecular formula is C15H15ClN2O. The molecule has 0 saturated carbocycles. The molecule has 3 nitrogen and oxygen atoms in total. The molecule has 0 aliphatic rings. The molecule has 3 N–H and O–H groups in total. The molecule has 0 saturated heterocycles. The van der Waals surface area contributed by atoms with E-state index in [0.717, 1.165) is 21.7 Å². The summed E-state index contributed by atoms with van der Waals surface area (Å²) >= 11 is 6.15. The highest BCUT2D eigenvalue weighted by atomic mass is 35.5. The van der Waals surface area contributed by atoms with Gasteiger partial charge in [0.15, 0.2) is 0 Å². The maximum absolute atomic E-state index is 10.6. The fourth-order valence-electron chi connectivity index (χ4n) is 1.83. The molecule has 0 bridgehead atoms. The molecule has 0 aliphatic carbocycles. The van der Waals surface area contributed by atoms with Gasteiger partial charge in [0.2, 0.25) is 5.91 Å². The number of carbonyl (C=O) groups is 1. The van der Waals surface area contributed by atoms with Crippen LogP contribution in [-0.2, 0) is 11.3 Å². The van der Waals surface area contributed by atoms with Crippen LogP contribution in [0.2, 0.25) is 5.02 Å². The number of halogens is 1. The Morgan fingerprint density at radius 2 is 1.79 bits per heavy atom. The van der Waals surface area contributed by atoms with Crippen molar-refractivity contribution in [3.63, 3.8) is 0 Å². The minimum Gasteiger partial charge on any atom is -0.369 e. The summed E-state index contributed by atoms with van der Waals surface area (Å²) in [6, 6.07) is 15.8. The van der Waals surface area contributed by atoms with E-state index in [1.807, 2.05) is 48.5 Å². The zero-order valence-electron chi connectivity index (χ0n) is 10.4. The highest BCUT2D eigenvalue weighted by Gasteiger charge is 2.02. The first-order chi connectivity index (χ1) is 9.16. The van der Waals surface area contributed by atoms with Gasteiger partial charge >= 0.3 is 0 Å². The predicted octanol–water partition coefficient (Wildman–Crippen LogP) is 2.58. The van der Waals surface area contributed by atoms with Crippen LogP contribution >= 0.6 is 11.6 Å². The van der Waals surface area contributed by atoms with Gasteiger partial charge in [-0.25, -0.2) is 0 Å². The van der Waals surface area contributed by atoms with Crippen LogP contribution in [0.1, 0.15) is 5.56 Å². The third-order valence-corrected chi connectivity index (χ3v) is 3.10. The van der Waals surface area contributed by atoms with Crippen LogP contribution in [0.15, 0.2) is 48.5 Å². The first-order valence-electron chi connectivity index (χ1n) is 5.99. The highest BCUT2D eigenvalue weighted by molar-refractivity contribution is 6.33. The number of benzene rings is 2. The summed E-state index contributed by atoms with van der Waals surface area (Å²) in [6.07, 6.45) is 0. The minimum absolute atomic E-state index is 0.187. The number of nitrogens with one attached hydrogen (secondary N) is 1. The van der Waals surface area contributed by atoms with Crippen LogP contribution in [0, 0.1) is 0 Å². The Hall–Kier alpha value is -1.84. The fraction of sp³-hybridized carbons (Fsp3) is 0.133. The number of primary amides is 1. The van der Waals surface area contributed by atoms with E-state index in [-0.39, 0.29) is 12.5 Å². The van der Waals surface area contributed by atoms with E-state index in [2.05, 4.69) is 5.32 Å². The van der Waals surface area contributed by atoms with Gasteiger partial charge in [0.1, 0.15) is 0 Å². The molecule has 19 heavy (non-hydrogen) atoms. The molecule has 4 heteroatoms. The maximum Gasteiger partial charge on any atom is 0.231 e. The molecule has 0 radical (unpaired) electrons. The third kappa shape index (κ3) is 3.81. The van der Waals surface area contributed by atoms with Crippen molar-refractivity contribution in [1.82, 2.24) is 5.32 Å². The van der Waals surface area contributed by atoms with Crippen molar-refractivity contribution < 1.29 is 4.79 Å². The van der Waals surface area contributed by atoms with E-state index in [9.17, 15) is 4.79 Å². The van der Waals surface area contributed by atoms with Gasteiger partial charge in [-0.15, -0.1) is 0 Å². The molecule has 2 aromatic rings. The lowest BCUT2D eigenvalue weighted by Crippen LogP contribution is -2.28. The van der Waals surface area contributed by atoms with E-state index in [0.29, 0.717) is 6.54 Å². The standard InChI is InChI=1S/C15H15ClN2O/c16-14-4-2-1-3-13(14)12-7-5-11(6-8-12)9-18-10-15(17)19/h1-8,18H,9-10H2,(H2,17,19). The topological polar surface area (TPSA) is 55.1 Å². The van der Waals surface area contributed by atoms with Crippen molar-refractivity contribution in [1.29, 1.82) is 0 Å². The minimum atomic E-state index is -0.354. The number of hydrogen-bond acceptors (Lipinski definition) is 2. The summed E-state index contributed by atoms with van der Waals surface area (Å²) in [5, 5.41) is 3.71. The van der Waals surface area contributed by atoms with E-state index in [1.165, 1.54) is 0 Å². The Labute approximate surface area is 117 Å². The summed E-state index contributed by atoms with van der Waals surface area (Å²) < 4.78 is 0. The first kappa shape index (κ1) is 13.6. The number of amides is 1. The summed E-state index contributed by atoms with van der Waals surface area (Å²) in [4.78, 5) is 10.6. The van der Waals surface area contributed by atoms with Crippen LogP contribution in [0.5, 0.6) is 0 Å². The van der Waals surface area contributed by atoms with Crippen molar-refractivity contribution in [2.75, 3.05) is 6.54 Å². The lowest BCUT2D eigenvalue weighted by molar-refractivity contribution is -0.117. The Kier molecular flexibility index (Phi) is 4.55. The van der Waals surface area contributed by atoms with Crippen molar-refractivity contribution in [2.24, 2.45) is 5.73 Å². The van der Waals surface area contributed by atoms with Gasteiger partial charge in [0.05, 0.1) is 6.54 Å². The second-order valence-electron chi connectivity index (χ2n) is 4.25. The number of rotatable bonds is 5. The molecule has 0 heterocycles. The second kappa shape index (κ2) is 6.36. The van der Waals surface area contributed by atoms with Crippen LogP contribution < -0.4 is 11.1 Å². The van der Waals surface area contributed by atoms with Gasteiger partial charge < -0.3 is 11.1 Å². The number of nitrogens with two attached hydrogens (primary N) is 1. The first-order valence-corrected chi connectivity index (χ1v) is 6.37. The number of hydrogen-bond donors (Lipinski definition) is 2. The number of carbonyl (C=O) groups excluding carboxylic acids is 1. The molecular weight excluding hydrogens is 260 g/mol. The normalized spacial score (nSPS) is 10.4. The quantitative estimate of drug-likeness (QED) is 0.880. The van der Waals surface area contributed by atoms with Crippen LogP contribution in [0.25, 0.3) is 11.1 Å². The van der Waals surface area contributed by atoms with Gasteiger partial charge in [-0.3, -0.25) is 4.79 Å². The Bertz CT molecular complexity index is 567. The van der Waals surface area contributed by atoms with Crippen molar-refractivity contribution >= 4 is 17.5 Å². The average Bonchev–Trinajstić information content (AvgIpc) is 2.40. The zero-order chi connectivity index (χ0) is 13.7. The monoisotopic (exact) mass is 274 g/mol. The van der Waals surface area contributed by atoms with Crippen LogP contribution in [0.3, 0.4) is 0 Å². The van der Waals surface area contributed by atoms with E-state index >= 15 is 0 Å². The van der Waals surface area contributed by atoms with E-state index in [1.54, 1.807) is 0 Å². The highest BCUT2D eigenvalue weighted by Crippen LogP contribution is 2.27. The smallest absolute Gasteiger partial charge is 0.231 e. The maximum atomic E-state index is 10.6. The molecule has 0 aromatic heterocycles. The molecule has 0 spiro atoms. The van der Waals surface area contributed by atoms with Crippen LogP contribution in [-0.4, -0.2) is 12.5 Å². The third-order valence-electron chi connectivity index (χ3n) is 2.77. The van der Waals surface area contributed by atoms with Crippen molar-refractivity contribution in [3.05, 3.63) is 59.1 Å². The Morgan fingerprint density at radius 1 is 1.11 bits per heavy atom. The summed E-state index contributed by atoms with van der Waals surface area (Å²) in [7, 11) is 0. The average molecular weight is 275 g/mol. The molecule has 0 aliphatic heterocycles.